The highest BCUT2D eigenvalue weighted by molar-refractivity contribution is 5.82. The van der Waals surface area contributed by atoms with Crippen LogP contribution in [-0.4, -0.2) is 50.1 Å². The molecule has 82 valence electrons. The minimum absolute atomic E-state index is 0.0457. The molecule has 0 saturated carbocycles. The predicted octanol–water partition coefficient (Wildman–Crippen LogP) is -0.195. The molecule has 4 heteroatoms. The monoisotopic (exact) mass is 199 g/mol. The molecule has 0 spiro atoms. The Balaban J connectivity index is 2.20. The summed E-state index contributed by atoms with van der Waals surface area (Å²) < 4.78 is 0. The van der Waals surface area contributed by atoms with E-state index in [1.54, 1.807) is 0 Å². The van der Waals surface area contributed by atoms with E-state index in [-0.39, 0.29) is 11.9 Å². The number of nitrogens with zero attached hydrogens (tertiary/aromatic N) is 1. The van der Waals surface area contributed by atoms with Gasteiger partial charge in [-0.25, -0.2) is 0 Å². The van der Waals surface area contributed by atoms with Gasteiger partial charge in [-0.2, -0.15) is 0 Å². The molecule has 4 nitrogen and oxygen atoms in total. The SMILES string of the molecule is CC(CNC(=O)[C@@H]1CCCN1)N(C)C. The van der Waals surface area contributed by atoms with Gasteiger partial charge in [-0.05, 0) is 40.4 Å². The van der Waals surface area contributed by atoms with E-state index in [2.05, 4.69) is 22.5 Å². The highest BCUT2D eigenvalue weighted by atomic mass is 16.2. The molecule has 0 aromatic heterocycles. The van der Waals surface area contributed by atoms with Crippen molar-refractivity contribution in [1.82, 2.24) is 15.5 Å². The van der Waals surface area contributed by atoms with Gasteiger partial charge in [0.15, 0.2) is 0 Å². The third-order valence-corrected chi connectivity index (χ3v) is 2.83. The fraction of sp³-hybridized carbons (Fsp3) is 0.900. The van der Waals surface area contributed by atoms with Crippen molar-refractivity contribution >= 4 is 5.91 Å². The maximum Gasteiger partial charge on any atom is 0.237 e. The lowest BCUT2D eigenvalue weighted by Crippen LogP contribution is -2.45. The van der Waals surface area contributed by atoms with Gasteiger partial charge in [-0.1, -0.05) is 0 Å². The first-order valence-corrected chi connectivity index (χ1v) is 5.29. The van der Waals surface area contributed by atoms with Gasteiger partial charge in [-0.15, -0.1) is 0 Å². The normalized spacial score (nSPS) is 23.9. The Hall–Kier alpha value is -0.610. The molecule has 2 N–H and O–H groups in total. The fourth-order valence-corrected chi connectivity index (χ4v) is 1.46. The van der Waals surface area contributed by atoms with Gasteiger partial charge in [0.25, 0.3) is 0 Å². The first kappa shape index (κ1) is 11.5. The molecule has 1 aliphatic heterocycles. The Morgan fingerprint density at radius 3 is 2.86 bits per heavy atom. The molecule has 1 rings (SSSR count). The Bertz CT molecular complexity index is 188. The first-order valence-electron chi connectivity index (χ1n) is 5.29. The van der Waals surface area contributed by atoms with E-state index < -0.39 is 0 Å². The van der Waals surface area contributed by atoms with Gasteiger partial charge in [0.1, 0.15) is 0 Å². The molecular formula is C10H21N3O. The fourth-order valence-electron chi connectivity index (χ4n) is 1.46. The molecule has 1 aliphatic rings. The van der Waals surface area contributed by atoms with Gasteiger partial charge in [0, 0.05) is 12.6 Å². The van der Waals surface area contributed by atoms with Crippen LogP contribution in [0.25, 0.3) is 0 Å². The van der Waals surface area contributed by atoms with Crippen LogP contribution in [0, 0.1) is 0 Å². The molecular weight excluding hydrogens is 178 g/mol. The number of carbonyl (C=O) groups excluding carboxylic acids is 1. The van der Waals surface area contributed by atoms with Crippen molar-refractivity contribution in [1.29, 1.82) is 0 Å². The summed E-state index contributed by atoms with van der Waals surface area (Å²) in [6, 6.07) is 0.435. The van der Waals surface area contributed by atoms with Crippen LogP contribution in [0.5, 0.6) is 0 Å². The highest BCUT2D eigenvalue weighted by Crippen LogP contribution is 2.04. The minimum atomic E-state index is 0.0457. The van der Waals surface area contributed by atoms with Gasteiger partial charge in [0.2, 0.25) is 5.91 Å². The second-order valence-electron chi connectivity index (χ2n) is 4.21. The van der Waals surface area contributed by atoms with E-state index in [4.69, 9.17) is 0 Å². The van der Waals surface area contributed by atoms with E-state index in [0.717, 1.165) is 25.9 Å². The molecule has 1 saturated heterocycles. The van der Waals surface area contributed by atoms with Crippen LogP contribution < -0.4 is 10.6 Å². The summed E-state index contributed by atoms with van der Waals surface area (Å²) in [7, 11) is 4.04. The van der Waals surface area contributed by atoms with E-state index >= 15 is 0 Å². The van der Waals surface area contributed by atoms with E-state index in [1.807, 2.05) is 14.1 Å². The summed E-state index contributed by atoms with van der Waals surface area (Å²) in [6.45, 7) is 3.80. The number of rotatable bonds is 4. The van der Waals surface area contributed by atoms with Crippen molar-refractivity contribution in [3.8, 4) is 0 Å². The number of hydrogen-bond donors (Lipinski definition) is 2. The standard InChI is InChI=1S/C10H21N3O/c1-8(13(2)3)7-12-10(14)9-5-4-6-11-9/h8-9,11H,4-7H2,1-3H3,(H,12,14)/t8?,9-/m0/s1. The Labute approximate surface area is 86.0 Å². The van der Waals surface area contributed by atoms with E-state index in [0.29, 0.717) is 6.04 Å². The van der Waals surface area contributed by atoms with Gasteiger partial charge in [0.05, 0.1) is 6.04 Å². The third kappa shape index (κ3) is 3.27. The summed E-state index contributed by atoms with van der Waals surface area (Å²) in [4.78, 5) is 13.7. The minimum Gasteiger partial charge on any atom is -0.353 e. The number of hydrogen-bond acceptors (Lipinski definition) is 3. The predicted molar refractivity (Wildman–Crippen MR) is 57.2 cm³/mol. The zero-order valence-corrected chi connectivity index (χ0v) is 9.34. The zero-order valence-electron chi connectivity index (χ0n) is 9.34. The molecule has 0 bridgehead atoms. The molecule has 1 fully saturated rings. The lowest BCUT2D eigenvalue weighted by molar-refractivity contribution is -0.122. The number of carbonyl (C=O) groups is 1. The van der Waals surface area contributed by atoms with Crippen LogP contribution in [0.15, 0.2) is 0 Å². The van der Waals surface area contributed by atoms with Crippen molar-refractivity contribution in [3.05, 3.63) is 0 Å². The Morgan fingerprint density at radius 2 is 2.36 bits per heavy atom. The van der Waals surface area contributed by atoms with Crippen LogP contribution in [0.4, 0.5) is 0 Å². The molecule has 1 unspecified atom stereocenters. The number of likely N-dealkylation sites (N-methyl/N-ethyl adjacent to an activating group) is 1. The molecule has 1 heterocycles. The van der Waals surface area contributed by atoms with Crippen molar-refractivity contribution in [2.45, 2.75) is 31.8 Å². The average Bonchev–Trinajstić information content (AvgIpc) is 2.66. The van der Waals surface area contributed by atoms with Crippen molar-refractivity contribution in [3.63, 3.8) is 0 Å². The third-order valence-electron chi connectivity index (χ3n) is 2.83. The second kappa shape index (κ2) is 5.32. The molecule has 0 aliphatic carbocycles. The molecule has 0 aromatic carbocycles. The second-order valence-corrected chi connectivity index (χ2v) is 4.21. The van der Waals surface area contributed by atoms with E-state index in [1.165, 1.54) is 0 Å². The summed E-state index contributed by atoms with van der Waals surface area (Å²) in [5.41, 5.74) is 0. The topological polar surface area (TPSA) is 44.4 Å². The van der Waals surface area contributed by atoms with Crippen molar-refractivity contribution in [2.24, 2.45) is 0 Å². The summed E-state index contributed by atoms with van der Waals surface area (Å²) in [5.74, 6) is 0.149. The Morgan fingerprint density at radius 1 is 1.64 bits per heavy atom. The lowest BCUT2D eigenvalue weighted by Gasteiger charge is -2.21. The molecule has 0 aromatic rings. The quantitative estimate of drug-likeness (QED) is 0.659. The zero-order chi connectivity index (χ0) is 10.6. The molecule has 14 heavy (non-hydrogen) atoms. The summed E-state index contributed by atoms with van der Waals surface area (Å²) >= 11 is 0. The van der Waals surface area contributed by atoms with Crippen molar-refractivity contribution < 1.29 is 4.79 Å². The van der Waals surface area contributed by atoms with Crippen LogP contribution >= 0.6 is 0 Å². The van der Waals surface area contributed by atoms with Crippen LogP contribution in [0.1, 0.15) is 19.8 Å². The summed E-state index contributed by atoms with van der Waals surface area (Å²) in [6.07, 6.45) is 2.09. The van der Waals surface area contributed by atoms with Crippen molar-refractivity contribution in [2.75, 3.05) is 27.2 Å². The maximum absolute atomic E-state index is 11.6. The maximum atomic E-state index is 11.6. The first-order chi connectivity index (χ1) is 6.61. The number of amides is 1. The van der Waals surface area contributed by atoms with Crippen LogP contribution in [0.2, 0.25) is 0 Å². The summed E-state index contributed by atoms with van der Waals surface area (Å²) in [5, 5.41) is 6.15. The van der Waals surface area contributed by atoms with E-state index in [9.17, 15) is 4.79 Å². The lowest BCUT2D eigenvalue weighted by atomic mass is 10.2. The largest absolute Gasteiger partial charge is 0.353 e. The molecule has 1 amide bonds. The number of nitrogens with one attached hydrogen (secondary N) is 2. The molecule has 0 radical (unpaired) electrons. The smallest absolute Gasteiger partial charge is 0.237 e. The van der Waals surface area contributed by atoms with Gasteiger partial charge in [-0.3, -0.25) is 4.79 Å². The Kier molecular flexibility index (Phi) is 4.35. The van der Waals surface area contributed by atoms with Gasteiger partial charge < -0.3 is 15.5 Å². The molecule has 2 atom stereocenters. The highest BCUT2D eigenvalue weighted by Gasteiger charge is 2.21. The van der Waals surface area contributed by atoms with Gasteiger partial charge >= 0.3 is 0 Å². The average molecular weight is 199 g/mol. The van der Waals surface area contributed by atoms with Crippen LogP contribution in [0.3, 0.4) is 0 Å². The van der Waals surface area contributed by atoms with Crippen LogP contribution in [-0.2, 0) is 4.79 Å².